The maximum absolute atomic E-state index is 4.42. The van der Waals surface area contributed by atoms with Crippen LogP contribution in [0.4, 0.5) is 0 Å². The molecule has 1 saturated heterocycles. The number of nitrogens with zero attached hydrogens (tertiary/aromatic N) is 1. The van der Waals surface area contributed by atoms with Gasteiger partial charge in [0.25, 0.3) is 0 Å². The Morgan fingerprint density at radius 1 is 1.33 bits per heavy atom. The topological polar surface area (TPSA) is 37.0 Å². The summed E-state index contributed by atoms with van der Waals surface area (Å²) >= 11 is 0. The van der Waals surface area contributed by atoms with Crippen molar-refractivity contribution < 1.29 is 0 Å². The first kappa shape index (κ1) is 14.6. The van der Waals surface area contributed by atoms with E-state index in [4.69, 9.17) is 0 Å². The van der Waals surface area contributed by atoms with Crippen LogP contribution in [0, 0.1) is 6.92 Å². The Balaban J connectivity index is 1.83. The van der Waals surface area contributed by atoms with Gasteiger partial charge in [0.15, 0.2) is 0 Å². The third-order valence-electron chi connectivity index (χ3n) is 5.17. The molecule has 1 aromatic heterocycles. The van der Waals surface area contributed by atoms with Gasteiger partial charge in [-0.1, -0.05) is 13.0 Å². The van der Waals surface area contributed by atoms with Crippen LogP contribution in [0.5, 0.6) is 0 Å². The molecule has 2 N–H and O–H groups in total. The van der Waals surface area contributed by atoms with Crippen LogP contribution < -0.4 is 10.6 Å². The van der Waals surface area contributed by atoms with Crippen LogP contribution in [-0.2, 0) is 0 Å². The molecule has 3 heteroatoms. The average molecular weight is 285 g/mol. The van der Waals surface area contributed by atoms with Gasteiger partial charge in [0.05, 0.1) is 0 Å². The Kier molecular flexibility index (Phi) is 4.03. The number of nitrogens with one attached hydrogen (secondary N) is 2. The quantitative estimate of drug-likeness (QED) is 0.890. The molecule has 2 heterocycles. The van der Waals surface area contributed by atoms with E-state index in [-0.39, 0.29) is 5.54 Å². The minimum atomic E-state index is 0.162. The maximum Gasteiger partial charge on any atom is 0.0369 e. The molecule has 2 aliphatic rings. The molecule has 0 spiro atoms. The van der Waals surface area contributed by atoms with Crippen molar-refractivity contribution in [3.8, 4) is 0 Å². The molecule has 21 heavy (non-hydrogen) atoms. The first-order chi connectivity index (χ1) is 10.1. The van der Waals surface area contributed by atoms with E-state index in [2.05, 4.69) is 42.2 Å². The number of hydrogen-bond donors (Lipinski definition) is 2. The summed E-state index contributed by atoms with van der Waals surface area (Å²) in [5.74, 6) is 0.687. The molecule has 0 amide bonds. The van der Waals surface area contributed by atoms with E-state index in [0.29, 0.717) is 5.92 Å². The third-order valence-corrected chi connectivity index (χ3v) is 5.17. The van der Waals surface area contributed by atoms with E-state index in [1.165, 1.54) is 36.0 Å². The first-order valence-corrected chi connectivity index (χ1v) is 8.22. The van der Waals surface area contributed by atoms with Crippen LogP contribution in [0.15, 0.2) is 19.0 Å². The van der Waals surface area contributed by atoms with E-state index in [1.807, 2.05) is 6.20 Å². The normalized spacial score (nSPS) is 21.6. The summed E-state index contributed by atoms with van der Waals surface area (Å²) in [6.07, 6.45) is 10.3. The minimum absolute atomic E-state index is 0.162. The SMILES string of the molecule is C=C(NC1(C)CCNCC1)c1c(C)cncc1C1CCC1. The zero-order valence-corrected chi connectivity index (χ0v) is 13.3. The molecule has 0 unspecified atom stereocenters. The second-order valence-electron chi connectivity index (χ2n) is 6.96. The molecule has 0 bridgehead atoms. The second-order valence-corrected chi connectivity index (χ2v) is 6.96. The molecule has 0 radical (unpaired) electrons. The highest BCUT2D eigenvalue weighted by Crippen LogP contribution is 2.40. The molecule has 1 saturated carbocycles. The van der Waals surface area contributed by atoms with Crippen molar-refractivity contribution in [2.45, 2.75) is 57.4 Å². The zero-order chi connectivity index (χ0) is 14.9. The van der Waals surface area contributed by atoms with Crippen molar-refractivity contribution in [3.63, 3.8) is 0 Å². The molecular formula is C18H27N3. The highest BCUT2D eigenvalue weighted by molar-refractivity contribution is 5.68. The fourth-order valence-electron chi connectivity index (χ4n) is 3.56. The molecule has 1 aliphatic heterocycles. The Morgan fingerprint density at radius 3 is 2.67 bits per heavy atom. The van der Waals surface area contributed by atoms with E-state index in [0.717, 1.165) is 31.6 Å². The summed E-state index contributed by atoms with van der Waals surface area (Å²) < 4.78 is 0. The lowest BCUT2D eigenvalue weighted by molar-refractivity contribution is 0.300. The largest absolute Gasteiger partial charge is 0.380 e. The summed E-state index contributed by atoms with van der Waals surface area (Å²) in [5, 5.41) is 7.17. The summed E-state index contributed by atoms with van der Waals surface area (Å²) in [7, 11) is 0. The third kappa shape index (κ3) is 2.98. The Bertz CT molecular complexity index is 525. The van der Waals surface area contributed by atoms with Gasteiger partial charge in [0.2, 0.25) is 0 Å². The number of rotatable bonds is 4. The van der Waals surface area contributed by atoms with Gasteiger partial charge in [-0.25, -0.2) is 0 Å². The van der Waals surface area contributed by atoms with Crippen LogP contribution in [-0.4, -0.2) is 23.6 Å². The monoisotopic (exact) mass is 285 g/mol. The fraction of sp³-hybridized carbons (Fsp3) is 0.611. The number of piperidine rings is 1. The molecule has 3 nitrogen and oxygen atoms in total. The highest BCUT2D eigenvalue weighted by atomic mass is 15.0. The van der Waals surface area contributed by atoms with Crippen molar-refractivity contribution in [3.05, 3.63) is 35.7 Å². The van der Waals surface area contributed by atoms with Gasteiger partial charge in [-0.2, -0.15) is 0 Å². The van der Waals surface area contributed by atoms with E-state index in [9.17, 15) is 0 Å². The van der Waals surface area contributed by atoms with Gasteiger partial charge in [-0.15, -0.1) is 0 Å². The predicted octanol–water partition coefficient (Wildman–Crippen LogP) is 3.36. The Morgan fingerprint density at radius 2 is 2.05 bits per heavy atom. The van der Waals surface area contributed by atoms with Gasteiger partial charge in [0, 0.05) is 29.2 Å². The summed E-state index contributed by atoms with van der Waals surface area (Å²) in [4.78, 5) is 4.42. The second kappa shape index (κ2) is 5.80. The van der Waals surface area contributed by atoms with Gasteiger partial charge >= 0.3 is 0 Å². The summed E-state index contributed by atoms with van der Waals surface area (Å²) in [6, 6.07) is 0. The first-order valence-electron chi connectivity index (χ1n) is 8.22. The average Bonchev–Trinajstić information content (AvgIpc) is 2.36. The van der Waals surface area contributed by atoms with Crippen LogP contribution in [0.1, 0.15) is 61.6 Å². The molecule has 1 aromatic rings. The summed E-state index contributed by atoms with van der Waals surface area (Å²) in [5.41, 5.74) is 5.20. The van der Waals surface area contributed by atoms with Crippen LogP contribution in [0.3, 0.4) is 0 Å². The van der Waals surface area contributed by atoms with Crippen molar-refractivity contribution >= 4 is 5.70 Å². The predicted molar refractivity (Wildman–Crippen MR) is 88.2 cm³/mol. The molecule has 0 aromatic carbocycles. The Labute approximate surface area is 128 Å². The molecule has 114 valence electrons. The van der Waals surface area contributed by atoms with E-state index < -0.39 is 0 Å². The zero-order valence-electron chi connectivity index (χ0n) is 13.3. The van der Waals surface area contributed by atoms with Gasteiger partial charge < -0.3 is 10.6 Å². The lowest BCUT2D eigenvalue weighted by atomic mass is 9.77. The lowest BCUT2D eigenvalue weighted by Crippen LogP contribution is -2.49. The molecule has 3 rings (SSSR count). The van der Waals surface area contributed by atoms with Crippen molar-refractivity contribution in [2.75, 3.05) is 13.1 Å². The standard InChI is InChI=1S/C18H27N3/c1-13-11-20-12-16(15-5-4-6-15)17(13)14(2)21-18(3)7-9-19-10-8-18/h11-12,15,19,21H,2,4-10H2,1,3H3. The Hall–Kier alpha value is -1.35. The van der Waals surface area contributed by atoms with Crippen molar-refractivity contribution in [1.29, 1.82) is 0 Å². The van der Waals surface area contributed by atoms with Crippen LogP contribution >= 0.6 is 0 Å². The number of hydrogen-bond acceptors (Lipinski definition) is 3. The maximum atomic E-state index is 4.42. The van der Waals surface area contributed by atoms with Crippen molar-refractivity contribution in [1.82, 2.24) is 15.6 Å². The van der Waals surface area contributed by atoms with Crippen LogP contribution in [0.2, 0.25) is 0 Å². The lowest BCUT2D eigenvalue weighted by Gasteiger charge is -2.38. The van der Waals surface area contributed by atoms with E-state index >= 15 is 0 Å². The minimum Gasteiger partial charge on any atom is -0.380 e. The summed E-state index contributed by atoms with van der Waals surface area (Å²) in [6.45, 7) is 11.0. The number of aromatic nitrogens is 1. The number of pyridine rings is 1. The molecule has 1 aliphatic carbocycles. The fourth-order valence-corrected chi connectivity index (χ4v) is 3.56. The van der Waals surface area contributed by atoms with E-state index in [1.54, 1.807) is 0 Å². The van der Waals surface area contributed by atoms with Crippen molar-refractivity contribution in [2.24, 2.45) is 0 Å². The molecular weight excluding hydrogens is 258 g/mol. The molecule has 2 fully saturated rings. The number of aryl methyl sites for hydroxylation is 1. The van der Waals surface area contributed by atoms with Gasteiger partial charge in [-0.05, 0) is 69.7 Å². The van der Waals surface area contributed by atoms with Gasteiger partial charge in [-0.3, -0.25) is 4.98 Å². The van der Waals surface area contributed by atoms with Gasteiger partial charge in [0.1, 0.15) is 0 Å². The molecule has 0 atom stereocenters. The highest BCUT2D eigenvalue weighted by Gasteiger charge is 2.29. The van der Waals surface area contributed by atoms with Crippen LogP contribution in [0.25, 0.3) is 5.70 Å². The smallest absolute Gasteiger partial charge is 0.0369 e.